The molecular formula is C14H7F4NS. The van der Waals surface area contributed by atoms with Gasteiger partial charge in [0.05, 0.1) is 11.1 Å². The molecule has 0 aromatic heterocycles. The van der Waals surface area contributed by atoms with Gasteiger partial charge in [-0.1, -0.05) is 17.8 Å². The summed E-state index contributed by atoms with van der Waals surface area (Å²) in [6.45, 7) is 0. The number of nitrogens with zero attached hydrogens (tertiary/aromatic N) is 1. The Bertz CT molecular complexity index is 674. The maximum atomic E-state index is 13.0. The normalized spacial score (nSPS) is 11.2. The largest absolute Gasteiger partial charge is 0.416 e. The highest BCUT2D eigenvalue weighted by molar-refractivity contribution is 7.99. The van der Waals surface area contributed by atoms with E-state index >= 15 is 0 Å². The first kappa shape index (κ1) is 14.4. The topological polar surface area (TPSA) is 23.8 Å². The Morgan fingerprint density at radius 1 is 1.05 bits per heavy atom. The molecule has 0 aliphatic heterocycles. The molecule has 0 radical (unpaired) electrons. The zero-order valence-corrected chi connectivity index (χ0v) is 10.7. The molecule has 6 heteroatoms. The van der Waals surface area contributed by atoms with Gasteiger partial charge in [0, 0.05) is 9.79 Å². The first-order valence-electron chi connectivity index (χ1n) is 5.45. The second-order valence-corrected chi connectivity index (χ2v) is 5.00. The second kappa shape index (κ2) is 5.55. The van der Waals surface area contributed by atoms with E-state index in [1.54, 1.807) is 12.1 Å². The Hall–Kier alpha value is -2.00. The summed E-state index contributed by atoms with van der Waals surface area (Å²) in [5.41, 5.74) is -0.966. The molecule has 0 fully saturated rings. The van der Waals surface area contributed by atoms with Crippen molar-refractivity contribution in [2.24, 2.45) is 0 Å². The Balaban J connectivity index is 2.36. The molecule has 102 valence electrons. The van der Waals surface area contributed by atoms with Crippen LogP contribution in [-0.2, 0) is 6.18 Å². The van der Waals surface area contributed by atoms with Crippen molar-refractivity contribution in [3.8, 4) is 6.07 Å². The monoisotopic (exact) mass is 297 g/mol. The molecule has 1 nitrogen and oxygen atoms in total. The van der Waals surface area contributed by atoms with Gasteiger partial charge in [0.1, 0.15) is 11.9 Å². The molecular weight excluding hydrogens is 290 g/mol. The number of halogens is 4. The highest BCUT2D eigenvalue weighted by atomic mass is 32.2. The van der Waals surface area contributed by atoms with E-state index in [1.165, 1.54) is 24.3 Å². The van der Waals surface area contributed by atoms with E-state index in [9.17, 15) is 17.6 Å². The third-order valence-electron chi connectivity index (χ3n) is 2.45. The van der Waals surface area contributed by atoms with Gasteiger partial charge in [0.25, 0.3) is 0 Å². The van der Waals surface area contributed by atoms with Gasteiger partial charge in [-0.25, -0.2) is 4.39 Å². The Morgan fingerprint density at radius 3 is 2.40 bits per heavy atom. The molecule has 2 aromatic carbocycles. The van der Waals surface area contributed by atoms with Crippen LogP contribution in [0.5, 0.6) is 0 Å². The van der Waals surface area contributed by atoms with Crippen LogP contribution in [0.1, 0.15) is 11.1 Å². The summed E-state index contributed by atoms with van der Waals surface area (Å²) in [6.07, 6.45) is -4.49. The predicted molar refractivity (Wildman–Crippen MR) is 66.7 cm³/mol. The number of hydrogen-bond donors (Lipinski definition) is 0. The molecule has 2 rings (SSSR count). The number of alkyl halides is 3. The number of rotatable bonds is 2. The third kappa shape index (κ3) is 3.31. The Kier molecular flexibility index (Phi) is 4.00. The standard InChI is InChI=1S/C14H7F4NS/c15-11-2-1-3-12(7-11)20-13-5-4-10(14(16,17)18)6-9(13)8-19/h1-7H. The van der Waals surface area contributed by atoms with Crippen molar-refractivity contribution in [1.29, 1.82) is 5.26 Å². The van der Waals surface area contributed by atoms with Crippen LogP contribution in [0.15, 0.2) is 52.3 Å². The molecule has 0 atom stereocenters. The Morgan fingerprint density at radius 2 is 1.80 bits per heavy atom. The van der Waals surface area contributed by atoms with Gasteiger partial charge in [0.15, 0.2) is 0 Å². The van der Waals surface area contributed by atoms with Gasteiger partial charge < -0.3 is 0 Å². The lowest BCUT2D eigenvalue weighted by atomic mass is 10.1. The first-order valence-corrected chi connectivity index (χ1v) is 6.26. The lowest BCUT2D eigenvalue weighted by Gasteiger charge is -2.09. The van der Waals surface area contributed by atoms with E-state index in [1.807, 2.05) is 0 Å². The van der Waals surface area contributed by atoms with E-state index in [0.717, 1.165) is 23.9 Å². The van der Waals surface area contributed by atoms with Crippen LogP contribution < -0.4 is 0 Å². The van der Waals surface area contributed by atoms with Crippen molar-refractivity contribution in [3.63, 3.8) is 0 Å². The summed E-state index contributed by atoms with van der Waals surface area (Å²) < 4.78 is 50.7. The third-order valence-corrected chi connectivity index (χ3v) is 3.52. The lowest BCUT2D eigenvalue weighted by molar-refractivity contribution is -0.137. The predicted octanol–water partition coefficient (Wildman–Crippen LogP) is 4.87. The van der Waals surface area contributed by atoms with E-state index in [2.05, 4.69) is 0 Å². The van der Waals surface area contributed by atoms with Crippen molar-refractivity contribution < 1.29 is 17.6 Å². The molecule has 0 N–H and O–H groups in total. The maximum absolute atomic E-state index is 13.0. The first-order chi connectivity index (χ1) is 9.40. The van der Waals surface area contributed by atoms with Crippen molar-refractivity contribution in [2.45, 2.75) is 16.0 Å². The van der Waals surface area contributed by atoms with Crippen LogP contribution in [0.25, 0.3) is 0 Å². The van der Waals surface area contributed by atoms with Crippen LogP contribution in [-0.4, -0.2) is 0 Å². The van der Waals surface area contributed by atoms with Crippen molar-refractivity contribution in [1.82, 2.24) is 0 Å². The molecule has 0 unspecified atom stereocenters. The fraction of sp³-hybridized carbons (Fsp3) is 0.0714. The number of hydrogen-bond acceptors (Lipinski definition) is 2. The smallest absolute Gasteiger partial charge is 0.207 e. The average Bonchev–Trinajstić information content (AvgIpc) is 2.38. The van der Waals surface area contributed by atoms with Crippen LogP contribution in [0.2, 0.25) is 0 Å². The molecule has 20 heavy (non-hydrogen) atoms. The molecule has 0 saturated carbocycles. The maximum Gasteiger partial charge on any atom is 0.416 e. The van der Waals surface area contributed by atoms with Crippen LogP contribution in [0.4, 0.5) is 17.6 Å². The summed E-state index contributed by atoms with van der Waals surface area (Å²) in [5.74, 6) is -0.444. The average molecular weight is 297 g/mol. The van der Waals surface area contributed by atoms with Gasteiger partial charge in [-0.2, -0.15) is 18.4 Å². The van der Waals surface area contributed by atoms with E-state index in [0.29, 0.717) is 9.79 Å². The highest BCUT2D eigenvalue weighted by Gasteiger charge is 2.31. The number of benzene rings is 2. The summed E-state index contributed by atoms with van der Waals surface area (Å²) >= 11 is 1.04. The van der Waals surface area contributed by atoms with Gasteiger partial charge in [-0.3, -0.25) is 0 Å². The minimum Gasteiger partial charge on any atom is -0.207 e. The summed E-state index contributed by atoms with van der Waals surface area (Å²) in [4.78, 5) is 0.868. The molecule has 0 heterocycles. The molecule has 0 bridgehead atoms. The van der Waals surface area contributed by atoms with Gasteiger partial charge in [0.2, 0.25) is 0 Å². The fourth-order valence-electron chi connectivity index (χ4n) is 1.54. The number of nitriles is 1. The van der Waals surface area contributed by atoms with E-state index in [-0.39, 0.29) is 5.56 Å². The second-order valence-electron chi connectivity index (χ2n) is 3.88. The Labute approximate surface area is 116 Å². The van der Waals surface area contributed by atoms with Crippen molar-refractivity contribution >= 4 is 11.8 Å². The summed E-state index contributed by atoms with van der Waals surface area (Å²) in [6, 6.07) is 10.3. The summed E-state index contributed by atoms with van der Waals surface area (Å²) in [7, 11) is 0. The zero-order valence-electron chi connectivity index (χ0n) is 9.91. The molecule has 0 aliphatic rings. The van der Waals surface area contributed by atoms with Crippen LogP contribution in [0.3, 0.4) is 0 Å². The molecule has 0 spiro atoms. The van der Waals surface area contributed by atoms with E-state index in [4.69, 9.17) is 5.26 Å². The minimum absolute atomic E-state index is 0.0888. The van der Waals surface area contributed by atoms with E-state index < -0.39 is 17.6 Å². The van der Waals surface area contributed by atoms with Gasteiger partial charge in [-0.05, 0) is 36.4 Å². The quantitative estimate of drug-likeness (QED) is 0.739. The zero-order chi connectivity index (χ0) is 14.8. The van der Waals surface area contributed by atoms with Crippen molar-refractivity contribution in [2.75, 3.05) is 0 Å². The van der Waals surface area contributed by atoms with Crippen LogP contribution >= 0.6 is 11.8 Å². The molecule has 0 amide bonds. The van der Waals surface area contributed by atoms with Crippen LogP contribution in [0, 0.1) is 17.1 Å². The SMILES string of the molecule is N#Cc1cc(C(F)(F)F)ccc1Sc1cccc(F)c1. The molecule has 0 saturated heterocycles. The molecule has 0 aliphatic carbocycles. The minimum atomic E-state index is -4.49. The lowest BCUT2D eigenvalue weighted by Crippen LogP contribution is -2.05. The van der Waals surface area contributed by atoms with Gasteiger partial charge in [-0.15, -0.1) is 0 Å². The van der Waals surface area contributed by atoms with Gasteiger partial charge >= 0.3 is 6.18 Å². The fourth-order valence-corrected chi connectivity index (χ4v) is 2.46. The highest BCUT2D eigenvalue weighted by Crippen LogP contribution is 2.35. The molecule has 2 aromatic rings. The summed E-state index contributed by atoms with van der Waals surface area (Å²) in [5, 5.41) is 8.94. The van der Waals surface area contributed by atoms with Crippen molar-refractivity contribution in [3.05, 3.63) is 59.4 Å².